The number of imidazole rings is 1. The lowest BCUT2D eigenvalue weighted by Gasteiger charge is -2.29. The standard InChI is InChI=1S/C21H21F3N4O4S/c1-13-3-5-14(6-4-13)11-15-17(30)28(19(31)33-15)10-8-25-16(29)12-20(32,21(22,23)24)18-26-7-9-27(18)2/h3-7,9,11,32H,8,10,12H2,1-2H3,(H,25,29)/b15-11-. The first-order valence-corrected chi connectivity index (χ1v) is 10.6. The molecule has 1 saturated heterocycles. The Hall–Kier alpha value is -3.12. The molecule has 0 bridgehead atoms. The van der Waals surface area contributed by atoms with Crippen molar-refractivity contribution in [1.82, 2.24) is 19.8 Å². The molecule has 33 heavy (non-hydrogen) atoms. The van der Waals surface area contributed by atoms with E-state index in [1.165, 1.54) is 13.2 Å². The van der Waals surface area contributed by atoms with Crippen LogP contribution in [0.3, 0.4) is 0 Å². The first-order valence-electron chi connectivity index (χ1n) is 9.78. The quantitative estimate of drug-likeness (QED) is 0.588. The first kappa shape index (κ1) is 24.5. The third-order valence-electron chi connectivity index (χ3n) is 4.98. The largest absolute Gasteiger partial charge is 0.425 e. The van der Waals surface area contributed by atoms with E-state index in [1.54, 1.807) is 18.2 Å². The van der Waals surface area contributed by atoms with Crippen molar-refractivity contribution >= 4 is 34.9 Å². The summed E-state index contributed by atoms with van der Waals surface area (Å²) in [5.41, 5.74) is -1.72. The van der Waals surface area contributed by atoms with E-state index < -0.39 is 41.1 Å². The molecule has 2 heterocycles. The van der Waals surface area contributed by atoms with Gasteiger partial charge >= 0.3 is 6.18 Å². The molecule has 1 atom stereocenters. The number of rotatable bonds is 7. The minimum atomic E-state index is -5.16. The number of benzene rings is 1. The van der Waals surface area contributed by atoms with Crippen LogP contribution in [0.2, 0.25) is 0 Å². The van der Waals surface area contributed by atoms with Crippen LogP contribution in [-0.4, -0.2) is 55.9 Å². The van der Waals surface area contributed by atoms with Gasteiger partial charge in [0.1, 0.15) is 0 Å². The number of imide groups is 1. The third kappa shape index (κ3) is 5.28. The van der Waals surface area contributed by atoms with Gasteiger partial charge in [0.05, 0.1) is 11.3 Å². The number of hydrogen-bond donors (Lipinski definition) is 2. The monoisotopic (exact) mass is 482 g/mol. The predicted molar refractivity (Wildman–Crippen MR) is 115 cm³/mol. The molecule has 0 radical (unpaired) electrons. The van der Waals surface area contributed by atoms with E-state index in [4.69, 9.17) is 0 Å². The molecule has 176 valence electrons. The highest BCUT2D eigenvalue weighted by Gasteiger charge is 2.58. The van der Waals surface area contributed by atoms with E-state index in [2.05, 4.69) is 10.3 Å². The predicted octanol–water partition coefficient (Wildman–Crippen LogP) is 2.72. The SMILES string of the molecule is Cc1ccc(/C=C2\SC(=O)N(CCNC(=O)CC(O)(c3nccn3C)C(F)(F)F)C2=O)cc1. The molecule has 1 aliphatic heterocycles. The van der Waals surface area contributed by atoms with Crippen LogP contribution < -0.4 is 5.32 Å². The molecule has 0 saturated carbocycles. The van der Waals surface area contributed by atoms with Crippen molar-refractivity contribution in [3.63, 3.8) is 0 Å². The topological polar surface area (TPSA) is 105 Å². The van der Waals surface area contributed by atoms with Gasteiger partial charge in [-0.25, -0.2) is 4.98 Å². The first-order chi connectivity index (χ1) is 15.4. The number of carbonyl (C=O) groups excluding carboxylic acids is 3. The Bertz CT molecular complexity index is 1100. The summed E-state index contributed by atoms with van der Waals surface area (Å²) in [7, 11) is 1.26. The number of carbonyl (C=O) groups is 3. The van der Waals surface area contributed by atoms with Gasteiger partial charge in [0.2, 0.25) is 11.5 Å². The molecule has 0 spiro atoms. The lowest BCUT2D eigenvalue weighted by molar-refractivity contribution is -0.271. The molecule has 1 unspecified atom stereocenters. The Morgan fingerprint density at radius 3 is 2.48 bits per heavy atom. The fraction of sp³-hybridized carbons (Fsp3) is 0.333. The molecule has 12 heteroatoms. The molecule has 3 amide bonds. The number of thioether (sulfide) groups is 1. The number of alkyl halides is 3. The van der Waals surface area contributed by atoms with Crippen molar-refractivity contribution in [3.05, 3.63) is 58.5 Å². The van der Waals surface area contributed by atoms with Crippen molar-refractivity contribution in [3.8, 4) is 0 Å². The van der Waals surface area contributed by atoms with Gasteiger partial charge < -0.3 is 15.0 Å². The Morgan fingerprint density at radius 2 is 1.91 bits per heavy atom. The second-order valence-electron chi connectivity index (χ2n) is 7.49. The molecule has 3 rings (SSSR count). The lowest BCUT2D eigenvalue weighted by Crippen LogP contribution is -2.48. The van der Waals surface area contributed by atoms with Crippen LogP contribution in [0.1, 0.15) is 23.4 Å². The second kappa shape index (κ2) is 9.40. The fourth-order valence-corrected chi connectivity index (χ4v) is 4.04. The highest BCUT2D eigenvalue weighted by atomic mass is 32.2. The van der Waals surface area contributed by atoms with Crippen molar-refractivity contribution < 1.29 is 32.7 Å². The summed E-state index contributed by atoms with van der Waals surface area (Å²) in [6.07, 6.45) is -2.62. The fourth-order valence-electron chi connectivity index (χ4n) is 3.18. The summed E-state index contributed by atoms with van der Waals surface area (Å²) in [6, 6.07) is 7.32. The molecular formula is C21H21F3N4O4S. The van der Waals surface area contributed by atoms with Gasteiger partial charge in [-0.3, -0.25) is 19.3 Å². The van der Waals surface area contributed by atoms with Crippen molar-refractivity contribution in [1.29, 1.82) is 0 Å². The maximum absolute atomic E-state index is 13.5. The van der Waals surface area contributed by atoms with Crippen LogP contribution in [0.4, 0.5) is 18.0 Å². The van der Waals surface area contributed by atoms with Crippen LogP contribution in [-0.2, 0) is 22.2 Å². The van der Waals surface area contributed by atoms with Crippen molar-refractivity contribution in [2.24, 2.45) is 7.05 Å². The summed E-state index contributed by atoms with van der Waals surface area (Å²) in [5, 5.41) is 11.9. The zero-order valence-corrected chi connectivity index (χ0v) is 18.5. The van der Waals surface area contributed by atoms with Crippen LogP contribution >= 0.6 is 11.8 Å². The smallest absolute Gasteiger partial charge is 0.374 e. The highest BCUT2D eigenvalue weighted by Crippen LogP contribution is 2.40. The summed E-state index contributed by atoms with van der Waals surface area (Å²) in [5.74, 6) is -2.39. The summed E-state index contributed by atoms with van der Waals surface area (Å²) < 4.78 is 41.6. The Morgan fingerprint density at radius 1 is 1.24 bits per heavy atom. The second-order valence-corrected chi connectivity index (χ2v) is 8.48. The number of amides is 3. The molecule has 8 nitrogen and oxygen atoms in total. The molecule has 1 aromatic carbocycles. The van der Waals surface area contributed by atoms with Crippen LogP contribution in [0.5, 0.6) is 0 Å². The van der Waals surface area contributed by atoms with Crippen LogP contribution in [0.15, 0.2) is 41.6 Å². The zero-order chi connectivity index (χ0) is 24.4. The lowest BCUT2D eigenvalue weighted by atomic mass is 9.97. The van der Waals surface area contributed by atoms with Gasteiger partial charge in [0.15, 0.2) is 5.82 Å². The van der Waals surface area contributed by atoms with E-state index in [1.807, 2.05) is 19.1 Å². The molecule has 1 aromatic heterocycles. The van der Waals surface area contributed by atoms with Gasteiger partial charge in [-0.15, -0.1) is 0 Å². The number of aromatic nitrogens is 2. The maximum atomic E-state index is 13.5. The van der Waals surface area contributed by atoms with Gasteiger partial charge in [-0.05, 0) is 30.3 Å². The van der Waals surface area contributed by atoms with Gasteiger partial charge in [-0.2, -0.15) is 13.2 Å². The Kier molecular flexibility index (Phi) is 6.98. The van der Waals surface area contributed by atoms with E-state index in [-0.39, 0.29) is 18.0 Å². The van der Waals surface area contributed by atoms with Gasteiger partial charge in [-0.1, -0.05) is 29.8 Å². The van der Waals surface area contributed by atoms with Crippen LogP contribution in [0, 0.1) is 6.92 Å². The maximum Gasteiger partial charge on any atom is 0.425 e. The summed E-state index contributed by atoms with van der Waals surface area (Å²) in [6.45, 7) is 1.41. The number of aliphatic hydroxyl groups is 1. The number of halogens is 3. The summed E-state index contributed by atoms with van der Waals surface area (Å²) in [4.78, 5) is 41.5. The molecule has 2 N–H and O–H groups in total. The van der Waals surface area contributed by atoms with Gasteiger partial charge in [0, 0.05) is 32.5 Å². The van der Waals surface area contributed by atoms with E-state index in [9.17, 15) is 32.7 Å². The van der Waals surface area contributed by atoms with Crippen molar-refractivity contribution in [2.75, 3.05) is 13.1 Å². The minimum absolute atomic E-state index is 0.205. The number of aryl methyl sites for hydroxylation is 2. The van der Waals surface area contributed by atoms with E-state index >= 15 is 0 Å². The third-order valence-corrected chi connectivity index (χ3v) is 5.89. The highest BCUT2D eigenvalue weighted by molar-refractivity contribution is 8.18. The molecule has 2 aromatic rings. The molecule has 1 fully saturated rings. The Balaban J connectivity index is 1.61. The van der Waals surface area contributed by atoms with Gasteiger partial charge in [0.25, 0.3) is 11.1 Å². The van der Waals surface area contributed by atoms with Crippen molar-refractivity contribution in [2.45, 2.75) is 25.1 Å². The normalized spacial score (nSPS) is 17.5. The zero-order valence-electron chi connectivity index (χ0n) is 17.7. The molecule has 1 aliphatic rings. The number of nitrogens with one attached hydrogen (secondary N) is 1. The van der Waals surface area contributed by atoms with E-state index in [0.717, 1.165) is 38.6 Å². The summed E-state index contributed by atoms with van der Waals surface area (Å²) >= 11 is 0.739. The Labute approximate surface area is 191 Å². The number of hydrogen-bond acceptors (Lipinski definition) is 6. The minimum Gasteiger partial charge on any atom is -0.374 e. The molecule has 0 aliphatic carbocycles. The van der Waals surface area contributed by atoms with E-state index in [0.29, 0.717) is 0 Å². The number of nitrogens with zero attached hydrogens (tertiary/aromatic N) is 3. The average molecular weight is 482 g/mol. The van der Waals surface area contributed by atoms with Crippen LogP contribution in [0.25, 0.3) is 6.08 Å². The average Bonchev–Trinajstić information content (AvgIpc) is 3.27. The molecular weight excluding hydrogens is 461 g/mol.